The highest BCUT2D eigenvalue weighted by Crippen LogP contribution is 2.12. The van der Waals surface area contributed by atoms with Crippen molar-refractivity contribution in [3.63, 3.8) is 0 Å². The highest BCUT2D eigenvalue weighted by atomic mass is 16.6. The van der Waals surface area contributed by atoms with Crippen molar-refractivity contribution >= 4 is 6.09 Å². The Morgan fingerprint density at radius 3 is 2.63 bits per heavy atom. The first-order valence-corrected chi connectivity index (χ1v) is 6.54. The third-order valence-electron chi connectivity index (χ3n) is 2.46. The molecular formula is C14H24N2O3. The lowest BCUT2D eigenvalue weighted by molar-refractivity contribution is 0.0522. The summed E-state index contributed by atoms with van der Waals surface area (Å²) in [5.41, 5.74) is -0.470. The molecule has 1 amide bonds. The zero-order chi connectivity index (χ0) is 14.5. The SMILES string of the molecule is CC(CNC(=O)OC(C)(C)C)NC(C)c1ccco1. The Hall–Kier alpha value is -1.49. The van der Waals surface area contributed by atoms with Gasteiger partial charge in [0.2, 0.25) is 0 Å². The van der Waals surface area contributed by atoms with Crippen molar-refractivity contribution in [2.45, 2.75) is 52.3 Å². The Morgan fingerprint density at radius 1 is 1.42 bits per heavy atom. The summed E-state index contributed by atoms with van der Waals surface area (Å²) in [6.07, 6.45) is 1.25. The number of hydrogen-bond acceptors (Lipinski definition) is 4. The molecule has 2 N–H and O–H groups in total. The van der Waals surface area contributed by atoms with Crippen LogP contribution in [0.4, 0.5) is 4.79 Å². The first-order valence-electron chi connectivity index (χ1n) is 6.54. The van der Waals surface area contributed by atoms with E-state index in [2.05, 4.69) is 10.6 Å². The van der Waals surface area contributed by atoms with Crippen molar-refractivity contribution in [2.75, 3.05) is 6.54 Å². The summed E-state index contributed by atoms with van der Waals surface area (Å²) in [5.74, 6) is 0.879. The van der Waals surface area contributed by atoms with Crippen LogP contribution in [0.3, 0.4) is 0 Å². The molecule has 0 fully saturated rings. The molecule has 5 nitrogen and oxygen atoms in total. The van der Waals surface area contributed by atoms with Crippen LogP contribution in [-0.4, -0.2) is 24.3 Å². The second-order valence-corrected chi connectivity index (χ2v) is 5.69. The predicted molar refractivity (Wildman–Crippen MR) is 74.0 cm³/mol. The highest BCUT2D eigenvalue weighted by Gasteiger charge is 2.17. The van der Waals surface area contributed by atoms with Crippen molar-refractivity contribution in [2.24, 2.45) is 0 Å². The first-order chi connectivity index (χ1) is 8.78. The minimum atomic E-state index is -0.470. The van der Waals surface area contributed by atoms with E-state index in [1.807, 2.05) is 46.8 Å². The van der Waals surface area contributed by atoms with E-state index in [4.69, 9.17) is 9.15 Å². The molecule has 5 heteroatoms. The van der Waals surface area contributed by atoms with Crippen molar-refractivity contribution in [1.29, 1.82) is 0 Å². The number of hydrogen-bond donors (Lipinski definition) is 2. The van der Waals surface area contributed by atoms with E-state index in [0.717, 1.165) is 5.76 Å². The molecule has 1 rings (SSSR count). The maximum atomic E-state index is 11.5. The molecule has 0 bridgehead atoms. The number of carbonyl (C=O) groups excluding carboxylic acids is 1. The molecule has 0 aliphatic rings. The summed E-state index contributed by atoms with van der Waals surface area (Å²) in [4.78, 5) is 11.5. The third-order valence-corrected chi connectivity index (χ3v) is 2.46. The van der Waals surface area contributed by atoms with Gasteiger partial charge in [-0.05, 0) is 46.8 Å². The fourth-order valence-corrected chi connectivity index (χ4v) is 1.66. The average Bonchev–Trinajstić information content (AvgIpc) is 2.77. The molecule has 1 aromatic rings. The van der Waals surface area contributed by atoms with Crippen LogP contribution in [0.5, 0.6) is 0 Å². The van der Waals surface area contributed by atoms with Gasteiger partial charge in [-0.3, -0.25) is 0 Å². The maximum absolute atomic E-state index is 11.5. The fraction of sp³-hybridized carbons (Fsp3) is 0.643. The molecular weight excluding hydrogens is 244 g/mol. The molecule has 2 unspecified atom stereocenters. The predicted octanol–water partition coefficient (Wildman–Crippen LogP) is 2.84. The van der Waals surface area contributed by atoms with Gasteiger partial charge in [0.25, 0.3) is 0 Å². The number of alkyl carbamates (subject to hydrolysis) is 1. The molecule has 0 aliphatic carbocycles. The Bertz CT molecular complexity index is 382. The summed E-state index contributed by atoms with van der Waals surface area (Å²) in [5, 5.41) is 6.07. The summed E-state index contributed by atoms with van der Waals surface area (Å²) in [7, 11) is 0. The van der Waals surface area contributed by atoms with Gasteiger partial charge < -0.3 is 19.8 Å². The largest absolute Gasteiger partial charge is 0.468 e. The van der Waals surface area contributed by atoms with E-state index in [1.54, 1.807) is 6.26 Å². The highest BCUT2D eigenvalue weighted by molar-refractivity contribution is 5.67. The monoisotopic (exact) mass is 268 g/mol. The van der Waals surface area contributed by atoms with Gasteiger partial charge in [-0.25, -0.2) is 4.79 Å². The number of amides is 1. The van der Waals surface area contributed by atoms with Crippen LogP contribution in [0.2, 0.25) is 0 Å². The summed E-state index contributed by atoms with van der Waals surface area (Å²) < 4.78 is 10.5. The Kier molecular flexibility index (Phi) is 5.42. The topological polar surface area (TPSA) is 63.5 Å². The number of carbonyl (C=O) groups is 1. The number of furan rings is 1. The lowest BCUT2D eigenvalue weighted by atomic mass is 10.2. The van der Waals surface area contributed by atoms with E-state index in [1.165, 1.54) is 0 Å². The summed E-state index contributed by atoms with van der Waals surface area (Å²) >= 11 is 0. The van der Waals surface area contributed by atoms with Crippen molar-refractivity contribution < 1.29 is 13.9 Å². The van der Waals surface area contributed by atoms with Crippen molar-refractivity contribution in [3.05, 3.63) is 24.2 Å². The summed E-state index contributed by atoms with van der Waals surface area (Å²) in [6.45, 7) is 10.0. The van der Waals surface area contributed by atoms with Crippen LogP contribution in [-0.2, 0) is 4.74 Å². The van der Waals surface area contributed by atoms with Crippen LogP contribution >= 0.6 is 0 Å². The second-order valence-electron chi connectivity index (χ2n) is 5.69. The molecule has 0 radical (unpaired) electrons. The Morgan fingerprint density at radius 2 is 2.11 bits per heavy atom. The molecule has 0 saturated heterocycles. The quantitative estimate of drug-likeness (QED) is 0.862. The van der Waals surface area contributed by atoms with Gasteiger partial charge in [0, 0.05) is 12.6 Å². The third kappa shape index (κ3) is 6.29. The normalized spacial score (nSPS) is 14.8. The molecule has 0 spiro atoms. The van der Waals surface area contributed by atoms with Gasteiger partial charge in [0.15, 0.2) is 0 Å². The van der Waals surface area contributed by atoms with Gasteiger partial charge in [-0.1, -0.05) is 0 Å². The van der Waals surface area contributed by atoms with Crippen LogP contribution in [0.15, 0.2) is 22.8 Å². The van der Waals surface area contributed by atoms with E-state index in [-0.39, 0.29) is 12.1 Å². The summed E-state index contributed by atoms with van der Waals surface area (Å²) in [6, 6.07) is 4.00. The van der Waals surface area contributed by atoms with Gasteiger partial charge in [0.05, 0.1) is 12.3 Å². The number of rotatable bonds is 5. The lowest BCUT2D eigenvalue weighted by Gasteiger charge is -2.22. The smallest absolute Gasteiger partial charge is 0.407 e. The average molecular weight is 268 g/mol. The Labute approximate surface area is 114 Å². The molecule has 0 saturated carbocycles. The van der Waals surface area contributed by atoms with Crippen LogP contribution in [0, 0.1) is 0 Å². The Balaban J connectivity index is 2.28. The molecule has 0 aliphatic heterocycles. The molecule has 1 heterocycles. The van der Waals surface area contributed by atoms with Crippen LogP contribution in [0.25, 0.3) is 0 Å². The molecule has 1 aromatic heterocycles. The van der Waals surface area contributed by atoms with E-state index >= 15 is 0 Å². The molecule has 108 valence electrons. The minimum Gasteiger partial charge on any atom is -0.468 e. The lowest BCUT2D eigenvalue weighted by Crippen LogP contribution is -2.41. The maximum Gasteiger partial charge on any atom is 0.407 e. The van der Waals surface area contributed by atoms with E-state index < -0.39 is 11.7 Å². The zero-order valence-electron chi connectivity index (χ0n) is 12.3. The second kappa shape index (κ2) is 6.61. The van der Waals surface area contributed by atoms with Crippen LogP contribution in [0.1, 0.15) is 46.4 Å². The molecule has 19 heavy (non-hydrogen) atoms. The molecule has 0 aromatic carbocycles. The van der Waals surface area contributed by atoms with Gasteiger partial charge in [0.1, 0.15) is 11.4 Å². The minimum absolute atomic E-state index is 0.102. The standard InChI is InChI=1S/C14H24N2O3/c1-10(9-15-13(17)19-14(3,4)5)16-11(2)12-7-6-8-18-12/h6-8,10-11,16H,9H2,1-5H3,(H,15,17). The van der Waals surface area contributed by atoms with Crippen molar-refractivity contribution in [3.8, 4) is 0 Å². The number of nitrogens with one attached hydrogen (secondary N) is 2. The van der Waals surface area contributed by atoms with Crippen LogP contribution < -0.4 is 10.6 Å². The van der Waals surface area contributed by atoms with Gasteiger partial charge in [-0.15, -0.1) is 0 Å². The fourth-order valence-electron chi connectivity index (χ4n) is 1.66. The first kappa shape index (κ1) is 15.6. The van der Waals surface area contributed by atoms with Gasteiger partial charge >= 0.3 is 6.09 Å². The number of ether oxygens (including phenoxy) is 1. The van der Waals surface area contributed by atoms with E-state index in [0.29, 0.717) is 6.54 Å². The zero-order valence-corrected chi connectivity index (χ0v) is 12.3. The van der Waals surface area contributed by atoms with E-state index in [9.17, 15) is 4.79 Å². The molecule has 2 atom stereocenters. The van der Waals surface area contributed by atoms with Crippen molar-refractivity contribution in [1.82, 2.24) is 10.6 Å². The van der Waals surface area contributed by atoms with Gasteiger partial charge in [-0.2, -0.15) is 0 Å².